The minimum atomic E-state index is 0.563. The first kappa shape index (κ1) is 37.3. The molecule has 0 radical (unpaired) electrons. The van der Waals surface area contributed by atoms with Crippen LogP contribution in [0.25, 0.3) is 111 Å². The maximum Gasteiger partial charge on any atom is 0.167 e. The van der Waals surface area contributed by atoms with Crippen LogP contribution in [0.3, 0.4) is 0 Å². The van der Waals surface area contributed by atoms with Gasteiger partial charge in [0.15, 0.2) is 17.5 Å². The second kappa shape index (κ2) is 14.0. The molecule has 12 aromatic rings. The van der Waals surface area contributed by atoms with E-state index in [1.165, 1.54) is 76.4 Å². The highest BCUT2D eigenvalue weighted by Crippen LogP contribution is 2.41. The maximum absolute atomic E-state index is 6.85. The van der Waals surface area contributed by atoms with Crippen molar-refractivity contribution in [1.29, 1.82) is 0 Å². The number of rotatable bonds is 5. The van der Waals surface area contributed by atoms with Crippen molar-refractivity contribution >= 4 is 145 Å². The third-order valence-corrected chi connectivity index (χ3v) is 13.0. The molecule has 4 heterocycles. The normalized spacial score (nSPS) is 11.9. The predicted molar refractivity (Wildman–Crippen MR) is 281 cm³/mol. The second-order valence-corrected chi connectivity index (χ2v) is 17.2. The van der Waals surface area contributed by atoms with Crippen LogP contribution in [0.1, 0.15) is 0 Å². The maximum atomic E-state index is 6.85. The van der Waals surface area contributed by atoms with Gasteiger partial charge in [0.25, 0.3) is 0 Å². The van der Waals surface area contributed by atoms with Crippen molar-refractivity contribution in [2.45, 2.75) is 0 Å². The van der Waals surface area contributed by atoms with E-state index in [1.807, 2.05) is 60.7 Å². The lowest BCUT2D eigenvalue weighted by molar-refractivity contribution is 0.669. The zero-order chi connectivity index (χ0) is 42.7. The minimum absolute atomic E-state index is 0.563. The lowest BCUT2D eigenvalue weighted by Gasteiger charge is -2.15. The zero-order valence-corrected chi connectivity index (χ0v) is 36.1. The Kier molecular flexibility index (Phi) is 8.32. The molecule has 0 amide bonds. The molecule has 0 saturated heterocycles. The van der Waals surface area contributed by atoms with Crippen LogP contribution in [-0.4, -0.2) is 71.2 Å². The molecule has 63 heavy (non-hydrogen) atoms. The van der Waals surface area contributed by atoms with Gasteiger partial charge in [0.1, 0.15) is 58.2 Å². The summed E-state index contributed by atoms with van der Waals surface area (Å²) in [7, 11) is 13.6. The molecule has 0 aliphatic carbocycles. The fraction of sp³-hybridized carbons (Fsp3) is 0. The Labute approximate surface area is 369 Å². The smallest absolute Gasteiger partial charge is 0.167 e. The first-order chi connectivity index (χ1) is 30.7. The van der Waals surface area contributed by atoms with Gasteiger partial charge in [-0.1, -0.05) is 148 Å². The van der Waals surface area contributed by atoms with Crippen LogP contribution in [0.15, 0.2) is 156 Å². The van der Waals surface area contributed by atoms with Crippen molar-refractivity contribution in [3.8, 4) is 45.5 Å². The molecule has 6 nitrogen and oxygen atoms in total. The first-order valence-corrected chi connectivity index (χ1v) is 21.6. The van der Waals surface area contributed by atoms with E-state index < -0.39 is 0 Å². The SMILES string of the molecule is Bc1cc(B)c2c(c1)c1c(B)c(B)c3c4cc(B)cc(B)c4n(-c4ccc5oc6c(-c7nc(-c8ccccc8)nc(-c8ccccc8)n7)cccc6c5c4)c3c1n2-c1ccccc1. The molecule has 0 N–H and O–H groups in total. The summed E-state index contributed by atoms with van der Waals surface area (Å²) in [6.45, 7) is 0. The third-order valence-electron chi connectivity index (χ3n) is 13.0. The van der Waals surface area contributed by atoms with Gasteiger partial charge in [-0.15, -0.1) is 0 Å². The van der Waals surface area contributed by atoms with E-state index in [-0.39, 0.29) is 0 Å². The Balaban J connectivity index is 1.17. The van der Waals surface area contributed by atoms with E-state index in [4.69, 9.17) is 19.4 Å². The number of nitrogens with zero attached hydrogens (tertiary/aromatic N) is 5. The Hall–Kier alpha value is -7.44. The van der Waals surface area contributed by atoms with Crippen molar-refractivity contribution in [1.82, 2.24) is 24.1 Å². The van der Waals surface area contributed by atoms with Gasteiger partial charge in [0.2, 0.25) is 0 Å². The molecular weight excluding hydrogens is 763 g/mol. The number of hydrogen-bond acceptors (Lipinski definition) is 4. The average Bonchev–Trinajstić information content (AvgIpc) is 3.97. The Morgan fingerprint density at radius 2 is 0.905 bits per heavy atom. The number of fused-ring (bicyclic) bond motifs is 10. The van der Waals surface area contributed by atoms with Crippen molar-refractivity contribution < 1.29 is 4.42 Å². The number of benzene rings is 8. The lowest BCUT2D eigenvalue weighted by atomic mass is 9.74. The molecule has 4 aromatic heterocycles. The quantitative estimate of drug-likeness (QED) is 0.252. The average molecular weight is 801 g/mol. The summed E-state index contributed by atoms with van der Waals surface area (Å²) in [5.41, 5.74) is 18.9. The number of aromatic nitrogens is 5. The first-order valence-electron chi connectivity index (χ1n) is 21.6. The van der Waals surface area contributed by atoms with Crippen LogP contribution < -0.4 is 32.8 Å². The van der Waals surface area contributed by atoms with Crippen molar-refractivity contribution in [3.05, 3.63) is 152 Å². The molecule has 0 atom stereocenters. The van der Waals surface area contributed by atoms with Gasteiger partial charge >= 0.3 is 0 Å². The van der Waals surface area contributed by atoms with Crippen LogP contribution in [0.2, 0.25) is 0 Å². The largest absolute Gasteiger partial charge is 0.455 e. The second-order valence-electron chi connectivity index (χ2n) is 17.2. The van der Waals surface area contributed by atoms with Gasteiger partial charge in [-0.2, -0.15) is 0 Å². The van der Waals surface area contributed by atoms with Crippen molar-refractivity contribution in [2.75, 3.05) is 0 Å². The van der Waals surface area contributed by atoms with Crippen LogP contribution >= 0.6 is 0 Å². The molecule has 12 rings (SSSR count). The van der Waals surface area contributed by atoms with E-state index in [0.717, 1.165) is 50.0 Å². The van der Waals surface area contributed by atoms with E-state index in [9.17, 15) is 0 Å². The van der Waals surface area contributed by atoms with Crippen LogP contribution in [0, 0.1) is 0 Å². The number of furan rings is 1. The predicted octanol–water partition coefficient (Wildman–Crippen LogP) is 2.52. The fourth-order valence-corrected chi connectivity index (χ4v) is 10.3. The van der Waals surface area contributed by atoms with Gasteiger partial charge in [-0.3, -0.25) is 0 Å². The summed E-state index contributed by atoms with van der Waals surface area (Å²) >= 11 is 0. The summed E-state index contributed by atoms with van der Waals surface area (Å²) in [6, 6.07) is 53.4. The molecule has 0 aliphatic rings. The van der Waals surface area contributed by atoms with Gasteiger partial charge < -0.3 is 13.6 Å². The summed E-state index contributed by atoms with van der Waals surface area (Å²) in [5.74, 6) is 1.79. The van der Waals surface area contributed by atoms with Crippen LogP contribution in [0.4, 0.5) is 0 Å². The highest BCUT2D eigenvalue weighted by Gasteiger charge is 2.27. The van der Waals surface area contributed by atoms with Crippen molar-refractivity contribution in [3.63, 3.8) is 0 Å². The third kappa shape index (κ3) is 5.63. The molecule has 290 valence electrons. The van der Waals surface area contributed by atoms with E-state index in [1.54, 1.807) is 0 Å². The molecular formula is C51H37B6N5O. The van der Waals surface area contributed by atoms with Crippen LogP contribution in [0.5, 0.6) is 0 Å². The molecule has 0 fully saturated rings. The molecule has 8 aromatic carbocycles. The highest BCUT2D eigenvalue weighted by atomic mass is 16.3. The summed E-state index contributed by atoms with van der Waals surface area (Å²) in [6.07, 6.45) is 0. The van der Waals surface area contributed by atoms with Gasteiger partial charge in [-0.05, 0) is 36.4 Å². The molecule has 0 bridgehead atoms. The molecule has 0 unspecified atom stereocenters. The molecule has 0 spiro atoms. The van der Waals surface area contributed by atoms with Crippen LogP contribution in [-0.2, 0) is 0 Å². The monoisotopic (exact) mass is 801 g/mol. The minimum Gasteiger partial charge on any atom is -0.455 e. The molecule has 12 heteroatoms. The topological polar surface area (TPSA) is 61.7 Å². The number of para-hydroxylation sites is 2. The molecule has 0 saturated carbocycles. The fourth-order valence-electron chi connectivity index (χ4n) is 10.3. The van der Waals surface area contributed by atoms with E-state index >= 15 is 0 Å². The lowest BCUT2D eigenvalue weighted by Crippen LogP contribution is -2.27. The Morgan fingerprint density at radius 1 is 0.397 bits per heavy atom. The van der Waals surface area contributed by atoms with Crippen molar-refractivity contribution in [2.24, 2.45) is 0 Å². The summed E-state index contributed by atoms with van der Waals surface area (Å²) in [4.78, 5) is 15.1. The van der Waals surface area contributed by atoms with E-state index in [2.05, 4.69) is 147 Å². The van der Waals surface area contributed by atoms with Gasteiger partial charge in [0, 0.05) is 65.9 Å². The molecule has 0 aliphatic heterocycles. The summed E-state index contributed by atoms with van der Waals surface area (Å²) < 4.78 is 11.9. The van der Waals surface area contributed by atoms with Gasteiger partial charge in [0.05, 0.1) is 16.6 Å². The highest BCUT2D eigenvalue weighted by molar-refractivity contribution is 6.61. The Bertz CT molecular complexity index is 3810. The number of hydrogen-bond donors (Lipinski definition) is 0. The standard InChI is InChI=1S/C51H37B6N5O/c52-28-21-35-40-42(56)43(57)41-36-22-29(53)24-38(55)45(36)62(47(41)46(40)61(44(35)37(54)23-28)30-15-8-3-9-16-30)31-19-20-39-34(25-31)32-17-10-18-33(48(32)63-39)51-59-49(26-11-4-1-5-12-26)58-50(60-51)27-13-6-2-7-14-27/h1-25H,52-57H2. The van der Waals surface area contributed by atoms with E-state index in [0.29, 0.717) is 17.5 Å². The Morgan fingerprint density at radius 3 is 1.46 bits per heavy atom. The zero-order valence-electron chi connectivity index (χ0n) is 36.1. The van der Waals surface area contributed by atoms with Gasteiger partial charge in [-0.25, -0.2) is 15.0 Å². The summed E-state index contributed by atoms with van der Waals surface area (Å²) in [5, 5.41) is 7.16.